The van der Waals surface area contributed by atoms with E-state index >= 15 is 0 Å². The van der Waals surface area contributed by atoms with E-state index in [-0.39, 0.29) is 6.42 Å². The van der Waals surface area contributed by atoms with Crippen LogP contribution in [0.4, 0.5) is 0 Å². The van der Waals surface area contributed by atoms with E-state index in [9.17, 15) is 35.7 Å². The molecule has 142 valence electrons. The molecule has 0 spiro atoms. The SMILES string of the molecule is COC1O[C@H](CO)[C@@H](C[C@@H]2O[C@H](CO)[C@H](O)[C@H](O)[C@H]2O)[C@H](O)[C@H]1O. The van der Waals surface area contributed by atoms with Gasteiger partial charge in [0.05, 0.1) is 31.5 Å². The molecule has 10 nitrogen and oxygen atoms in total. The number of hydrogen-bond acceptors (Lipinski definition) is 10. The van der Waals surface area contributed by atoms with E-state index in [1.165, 1.54) is 7.11 Å². The summed E-state index contributed by atoms with van der Waals surface area (Å²) in [6.45, 7) is -1.03. The molecule has 0 radical (unpaired) electrons. The molecule has 1 unspecified atom stereocenters. The van der Waals surface area contributed by atoms with Crippen molar-refractivity contribution in [3.05, 3.63) is 0 Å². The Kier molecular flexibility index (Phi) is 6.90. The molecular weight excluding hydrogens is 328 g/mol. The molecule has 2 saturated heterocycles. The third kappa shape index (κ3) is 3.73. The van der Waals surface area contributed by atoms with Gasteiger partial charge in [-0.3, -0.25) is 0 Å². The lowest BCUT2D eigenvalue weighted by Gasteiger charge is -2.45. The summed E-state index contributed by atoms with van der Waals surface area (Å²) in [6, 6.07) is 0. The Morgan fingerprint density at radius 2 is 1.29 bits per heavy atom. The molecule has 2 fully saturated rings. The van der Waals surface area contributed by atoms with E-state index in [4.69, 9.17) is 14.2 Å². The number of methoxy groups -OCH3 is 1. The Labute approximate surface area is 138 Å². The van der Waals surface area contributed by atoms with Gasteiger partial charge < -0.3 is 50.0 Å². The van der Waals surface area contributed by atoms with Crippen molar-refractivity contribution in [3.8, 4) is 0 Å². The molecule has 0 bridgehead atoms. The van der Waals surface area contributed by atoms with Crippen molar-refractivity contribution >= 4 is 0 Å². The van der Waals surface area contributed by atoms with Gasteiger partial charge in [-0.15, -0.1) is 0 Å². The van der Waals surface area contributed by atoms with Gasteiger partial charge in [0.2, 0.25) is 0 Å². The van der Waals surface area contributed by atoms with Crippen molar-refractivity contribution in [2.45, 2.75) is 61.5 Å². The Balaban J connectivity index is 2.12. The minimum atomic E-state index is -1.54. The first-order chi connectivity index (χ1) is 11.3. The Morgan fingerprint density at radius 1 is 0.708 bits per heavy atom. The molecule has 7 N–H and O–H groups in total. The highest BCUT2D eigenvalue weighted by atomic mass is 16.7. The number of hydrogen-bond donors (Lipinski definition) is 7. The Hall–Kier alpha value is -0.400. The zero-order valence-electron chi connectivity index (χ0n) is 13.3. The highest BCUT2D eigenvalue weighted by molar-refractivity contribution is 4.96. The monoisotopic (exact) mass is 354 g/mol. The smallest absolute Gasteiger partial charge is 0.186 e. The van der Waals surface area contributed by atoms with Crippen molar-refractivity contribution < 1.29 is 50.0 Å². The van der Waals surface area contributed by atoms with Crippen LogP contribution in [0.1, 0.15) is 6.42 Å². The molecule has 2 heterocycles. The maximum Gasteiger partial charge on any atom is 0.186 e. The van der Waals surface area contributed by atoms with Crippen LogP contribution in [-0.4, -0.2) is 111 Å². The van der Waals surface area contributed by atoms with Gasteiger partial charge in [-0.05, 0) is 6.42 Å². The quantitative estimate of drug-likeness (QED) is 0.258. The zero-order valence-corrected chi connectivity index (χ0v) is 13.3. The lowest BCUT2D eigenvalue weighted by molar-refractivity contribution is -0.293. The maximum atomic E-state index is 10.3. The largest absolute Gasteiger partial charge is 0.394 e. The van der Waals surface area contributed by atoms with Crippen LogP contribution in [0.15, 0.2) is 0 Å². The van der Waals surface area contributed by atoms with Gasteiger partial charge in [0, 0.05) is 13.0 Å². The third-order valence-corrected chi connectivity index (χ3v) is 4.76. The summed E-state index contributed by atoms with van der Waals surface area (Å²) in [5, 5.41) is 68.6. The second-order valence-corrected chi connectivity index (χ2v) is 6.21. The average Bonchev–Trinajstić information content (AvgIpc) is 2.59. The van der Waals surface area contributed by atoms with E-state index < -0.39 is 74.3 Å². The first kappa shape index (κ1) is 19.9. The van der Waals surface area contributed by atoms with Crippen molar-refractivity contribution in [2.24, 2.45) is 5.92 Å². The summed E-state index contributed by atoms with van der Waals surface area (Å²) in [5.41, 5.74) is 0. The van der Waals surface area contributed by atoms with Gasteiger partial charge in [-0.25, -0.2) is 0 Å². The molecular formula is C14H26O10. The van der Waals surface area contributed by atoms with E-state index in [0.717, 1.165) is 0 Å². The number of aliphatic hydroxyl groups is 7. The van der Waals surface area contributed by atoms with Crippen LogP contribution in [0.25, 0.3) is 0 Å². The van der Waals surface area contributed by atoms with Gasteiger partial charge in [0.15, 0.2) is 6.29 Å². The topological polar surface area (TPSA) is 169 Å². The van der Waals surface area contributed by atoms with Crippen molar-refractivity contribution in [3.63, 3.8) is 0 Å². The van der Waals surface area contributed by atoms with Crippen LogP contribution in [0, 0.1) is 5.92 Å². The summed E-state index contributed by atoms with van der Waals surface area (Å²) in [5.74, 6) is -0.821. The standard InChI is InChI=1S/C14H26O10/c1-22-14-13(21)9(17)5(7(3-15)24-14)2-6-10(18)12(20)11(19)8(4-16)23-6/h5-21H,2-4H2,1H3/t5-,6+,7-,8-,9+,10+,11+,12-,13-,14?/m1/s1. The lowest BCUT2D eigenvalue weighted by Crippen LogP contribution is -2.61. The second kappa shape index (κ2) is 8.32. The van der Waals surface area contributed by atoms with Crippen LogP contribution in [-0.2, 0) is 14.2 Å². The first-order valence-corrected chi connectivity index (χ1v) is 7.81. The molecule has 0 aromatic heterocycles. The fourth-order valence-electron chi connectivity index (χ4n) is 3.29. The predicted molar refractivity (Wildman–Crippen MR) is 76.6 cm³/mol. The second-order valence-electron chi connectivity index (χ2n) is 6.21. The maximum absolute atomic E-state index is 10.3. The lowest BCUT2D eigenvalue weighted by atomic mass is 9.81. The molecule has 10 atom stereocenters. The molecule has 0 saturated carbocycles. The van der Waals surface area contributed by atoms with E-state index in [2.05, 4.69) is 0 Å². The summed E-state index contributed by atoms with van der Waals surface area (Å²) in [4.78, 5) is 0. The first-order valence-electron chi connectivity index (χ1n) is 7.81. The van der Waals surface area contributed by atoms with Gasteiger partial charge in [-0.2, -0.15) is 0 Å². The molecule has 2 rings (SSSR count). The van der Waals surface area contributed by atoms with Gasteiger partial charge in [0.1, 0.15) is 30.5 Å². The number of ether oxygens (including phenoxy) is 3. The summed E-state index contributed by atoms with van der Waals surface area (Å²) < 4.78 is 15.7. The average molecular weight is 354 g/mol. The van der Waals surface area contributed by atoms with Crippen LogP contribution in [0.5, 0.6) is 0 Å². The minimum Gasteiger partial charge on any atom is -0.394 e. The van der Waals surface area contributed by atoms with Crippen LogP contribution < -0.4 is 0 Å². The fraction of sp³-hybridized carbons (Fsp3) is 1.00. The fourth-order valence-corrected chi connectivity index (χ4v) is 3.29. The Morgan fingerprint density at radius 3 is 1.83 bits per heavy atom. The molecule has 0 amide bonds. The molecule has 24 heavy (non-hydrogen) atoms. The van der Waals surface area contributed by atoms with Crippen LogP contribution in [0.3, 0.4) is 0 Å². The molecule has 10 heteroatoms. The third-order valence-electron chi connectivity index (χ3n) is 4.76. The van der Waals surface area contributed by atoms with Crippen molar-refractivity contribution in [1.29, 1.82) is 0 Å². The van der Waals surface area contributed by atoms with E-state index in [1.54, 1.807) is 0 Å². The van der Waals surface area contributed by atoms with Gasteiger partial charge in [0.25, 0.3) is 0 Å². The zero-order chi connectivity index (χ0) is 18.0. The molecule has 0 aromatic rings. The van der Waals surface area contributed by atoms with Gasteiger partial charge >= 0.3 is 0 Å². The van der Waals surface area contributed by atoms with E-state index in [0.29, 0.717) is 0 Å². The van der Waals surface area contributed by atoms with Crippen LogP contribution in [0.2, 0.25) is 0 Å². The van der Waals surface area contributed by atoms with Gasteiger partial charge in [-0.1, -0.05) is 0 Å². The highest BCUT2D eigenvalue weighted by Crippen LogP contribution is 2.33. The molecule has 0 aliphatic carbocycles. The number of rotatable bonds is 5. The molecule has 2 aliphatic rings. The molecule has 0 aromatic carbocycles. The normalized spacial score (nSPS) is 50.0. The van der Waals surface area contributed by atoms with Crippen molar-refractivity contribution in [1.82, 2.24) is 0 Å². The predicted octanol–water partition coefficient (Wildman–Crippen LogP) is -4.08. The van der Waals surface area contributed by atoms with Crippen molar-refractivity contribution in [2.75, 3.05) is 20.3 Å². The summed E-state index contributed by atoms with van der Waals surface area (Å²) in [7, 11) is 1.28. The minimum absolute atomic E-state index is 0.0820. The summed E-state index contributed by atoms with van der Waals surface area (Å²) >= 11 is 0. The molecule has 2 aliphatic heterocycles. The van der Waals surface area contributed by atoms with E-state index in [1.807, 2.05) is 0 Å². The van der Waals surface area contributed by atoms with Crippen LogP contribution >= 0.6 is 0 Å². The number of aliphatic hydroxyl groups excluding tert-OH is 7. The highest BCUT2D eigenvalue weighted by Gasteiger charge is 2.49. The Bertz CT molecular complexity index is 392. The summed E-state index contributed by atoms with van der Waals surface area (Å²) in [6.07, 6.45) is -11.4.